The van der Waals surface area contributed by atoms with Crippen molar-refractivity contribution in [3.05, 3.63) is 23.8 Å². The third-order valence-electron chi connectivity index (χ3n) is 3.50. The summed E-state index contributed by atoms with van der Waals surface area (Å²) in [6, 6.07) is 4.51. The lowest BCUT2D eigenvalue weighted by Gasteiger charge is -2.14. The second-order valence-corrected chi connectivity index (χ2v) is 5.15. The minimum atomic E-state index is -1.11. The van der Waals surface area contributed by atoms with Crippen LogP contribution in [0.25, 0.3) is 0 Å². The first-order valence-corrected chi connectivity index (χ1v) is 6.84. The number of methoxy groups -OCH3 is 1. The fourth-order valence-corrected chi connectivity index (χ4v) is 2.08. The van der Waals surface area contributed by atoms with Gasteiger partial charge >= 0.3 is 5.97 Å². The van der Waals surface area contributed by atoms with Crippen molar-refractivity contribution in [2.45, 2.75) is 25.8 Å². The first kappa shape index (κ1) is 15.2. The summed E-state index contributed by atoms with van der Waals surface area (Å²) in [6.07, 6.45) is 2.28. The molecule has 1 aromatic rings. The molecule has 6 heteroatoms. The van der Waals surface area contributed by atoms with Gasteiger partial charge in [-0.1, -0.05) is 0 Å². The molecule has 2 rings (SSSR count). The molecular formula is C15H19NO5. The Morgan fingerprint density at radius 2 is 2.14 bits per heavy atom. The van der Waals surface area contributed by atoms with E-state index in [1.54, 1.807) is 0 Å². The van der Waals surface area contributed by atoms with E-state index in [1.807, 2.05) is 6.92 Å². The van der Waals surface area contributed by atoms with Crippen LogP contribution in [0.2, 0.25) is 0 Å². The minimum absolute atomic E-state index is 0.00107. The topological polar surface area (TPSA) is 84.9 Å². The third kappa shape index (κ3) is 4.11. The number of carboxylic acid groups (broad SMARTS) is 1. The van der Waals surface area contributed by atoms with E-state index in [0.717, 1.165) is 12.8 Å². The van der Waals surface area contributed by atoms with Crippen LogP contribution in [0.1, 0.15) is 30.1 Å². The van der Waals surface area contributed by atoms with Crippen molar-refractivity contribution >= 4 is 11.9 Å². The molecular weight excluding hydrogens is 274 g/mol. The monoisotopic (exact) mass is 293 g/mol. The lowest BCUT2D eigenvalue weighted by molar-refractivity contribution is -0.123. The van der Waals surface area contributed by atoms with Gasteiger partial charge in [0.25, 0.3) is 5.91 Å². The molecule has 21 heavy (non-hydrogen) atoms. The molecule has 114 valence electrons. The van der Waals surface area contributed by atoms with Crippen molar-refractivity contribution in [1.29, 1.82) is 0 Å². The maximum Gasteiger partial charge on any atom is 0.339 e. The van der Waals surface area contributed by atoms with Crippen molar-refractivity contribution in [2.24, 2.45) is 5.92 Å². The van der Waals surface area contributed by atoms with Crippen molar-refractivity contribution in [2.75, 3.05) is 13.7 Å². The average molecular weight is 293 g/mol. The highest BCUT2D eigenvalue weighted by Gasteiger charge is 2.28. The van der Waals surface area contributed by atoms with Gasteiger partial charge in [0.2, 0.25) is 0 Å². The van der Waals surface area contributed by atoms with Gasteiger partial charge in [-0.15, -0.1) is 0 Å². The summed E-state index contributed by atoms with van der Waals surface area (Å²) in [7, 11) is 1.48. The van der Waals surface area contributed by atoms with Crippen LogP contribution in [0, 0.1) is 5.92 Å². The minimum Gasteiger partial charge on any atom is -0.497 e. The van der Waals surface area contributed by atoms with Gasteiger partial charge in [0.05, 0.1) is 7.11 Å². The number of amides is 1. The zero-order chi connectivity index (χ0) is 15.4. The van der Waals surface area contributed by atoms with E-state index in [4.69, 9.17) is 14.6 Å². The van der Waals surface area contributed by atoms with E-state index >= 15 is 0 Å². The molecule has 0 heterocycles. The molecule has 1 unspecified atom stereocenters. The molecule has 1 aliphatic rings. The van der Waals surface area contributed by atoms with Gasteiger partial charge in [0, 0.05) is 12.1 Å². The summed E-state index contributed by atoms with van der Waals surface area (Å²) in [5, 5.41) is 11.9. The van der Waals surface area contributed by atoms with Crippen LogP contribution in [-0.2, 0) is 4.79 Å². The first-order chi connectivity index (χ1) is 10.0. The highest BCUT2D eigenvalue weighted by atomic mass is 16.5. The summed E-state index contributed by atoms with van der Waals surface area (Å²) < 4.78 is 10.4. The maximum absolute atomic E-state index is 11.8. The van der Waals surface area contributed by atoms with Crippen molar-refractivity contribution in [3.63, 3.8) is 0 Å². The third-order valence-corrected chi connectivity index (χ3v) is 3.50. The van der Waals surface area contributed by atoms with E-state index in [1.165, 1.54) is 25.3 Å². The maximum atomic E-state index is 11.8. The summed E-state index contributed by atoms with van der Waals surface area (Å²) in [5.41, 5.74) is -0.00107. The Hall–Kier alpha value is -2.24. The number of hydrogen-bond acceptors (Lipinski definition) is 4. The zero-order valence-electron chi connectivity index (χ0n) is 12.1. The first-order valence-electron chi connectivity index (χ1n) is 6.84. The van der Waals surface area contributed by atoms with E-state index in [-0.39, 0.29) is 29.9 Å². The smallest absolute Gasteiger partial charge is 0.339 e. The Balaban J connectivity index is 1.97. The average Bonchev–Trinajstić information content (AvgIpc) is 3.29. The van der Waals surface area contributed by atoms with E-state index < -0.39 is 5.97 Å². The number of ether oxygens (including phenoxy) is 2. The molecule has 1 saturated carbocycles. The lowest BCUT2D eigenvalue weighted by atomic mass is 10.2. The summed E-state index contributed by atoms with van der Waals surface area (Å²) >= 11 is 0. The molecule has 1 amide bonds. The molecule has 1 aliphatic carbocycles. The Morgan fingerprint density at radius 3 is 2.71 bits per heavy atom. The zero-order valence-corrected chi connectivity index (χ0v) is 12.1. The molecule has 6 nitrogen and oxygen atoms in total. The molecule has 1 atom stereocenters. The second-order valence-electron chi connectivity index (χ2n) is 5.15. The molecule has 0 aliphatic heterocycles. The highest BCUT2D eigenvalue weighted by molar-refractivity contribution is 5.91. The summed E-state index contributed by atoms with van der Waals surface area (Å²) in [5.74, 6) is -0.217. The van der Waals surface area contributed by atoms with Gasteiger partial charge in [-0.3, -0.25) is 4.79 Å². The number of carbonyl (C=O) groups is 2. The number of nitrogens with one attached hydrogen (secondary N) is 1. The van der Waals surface area contributed by atoms with Crippen molar-refractivity contribution in [3.8, 4) is 11.5 Å². The largest absolute Gasteiger partial charge is 0.497 e. The standard InChI is InChI=1S/C15H19NO5/c1-9(10-3-4-10)16-14(17)8-21-13-7-11(20-2)5-6-12(13)15(18)19/h5-7,9-10H,3-4,8H2,1-2H3,(H,16,17)(H,18,19). The predicted molar refractivity (Wildman–Crippen MR) is 75.8 cm³/mol. The normalized spacial score (nSPS) is 15.1. The van der Waals surface area contributed by atoms with Crippen LogP contribution < -0.4 is 14.8 Å². The van der Waals surface area contributed by atoms with E-state index in [0.29, 0.717) is 11.7 Å². The Labute approximate surface area is 123 Å². The fourth-order valence-electron chi connectivity index (χ4n) is 2.08. The number of benzene rings is 1. The molecule has 1 aromatic carbocycles. The van der Waals surface area contributed by atoms with Crippen molar-refractivity contribution in [1.82, 2.24) is 5.32 Å². The molecule has 2 N–H and O–H groups in total. The van der Waals surface area contributed by atoms with E-state index in [2.05, 4.69) is 5.32 Å². The number of hydrogen-bond donors (Lipinski definition) is 2. The second kappa shape index (κ2) is 6.47. The summed E-state index contributed by atoms with van der Waals surface area (Å²) in [6.45, 7) is 1.74. The van der Waals surface area contributed by atoms with Gasteiger partial charge in [-0.25, -0.2) is 4.79 Å². The quantitative estimate of drug-likeness (QED) is 0.799. The number of carboxylic acids is 1. The van der Waals surface area contributed by atoms with Gasteiger partial charge in [0.15, 0.2) is 6.61 Å². The Morgan fingerprint density at radius 1 is 1.43 bits per heavy atom. The van der Waals surface area contributed by atoms with Gasteiger partial charge < -0.3 is 19.9 Å². The summed E-state index contributed by atoms with van der Waals surface area (Å²) in [4.78, 5) is 22.9. The number of carbonyl (C=O) groups excluding carboxylic acids is 1. The van der Waals surface area contributed by atoms with Crippen LogP contribution >= 0.6 is 0 Å². The Kier molecular flexibility index (Phi) is 4.67. The SMILES string of the molecule is COc1ccc(C(=O)O)c(OCC(=O)NC(C)C2CC2)c1. The van der Waals surface area contributed by atoms with Crippen LogP contribution in [0.4, 0.5) is 0 Å². The lowest BCUT2D eigenvalue weighted by Crippen LogP contribution is -2.37. The fraction of sp³-hybridized carbons (Fsp3) is 0.467. The molecule has 0 aromatic heterocycles. The van der Waals surface area contributed by atoms with Crippen LogP contribution in [-0.4, -0.2) is 36.7 Å². The molecule has 0 radical (unpaired) electrons. The van der Waals surface area contributed by atoms with Gasteiger partial charge in [-0.05, 0) is 37.8 Å². The van der Waals surface area contributed by atoms with Gasteiger partial charge in [0.1, 0.15) is 17.1 Å². The van der Waals surface area contributed by atoms with E-state index in [9.17, 15) is 9.59 Å². The molecule has 0 saturated heterocycles. The van der Waals surface area contributed by atoms with Gasteiger partial charge in [-0.2, -0.15) is 0 Å². The van der Waals surface area contributed by atoms with Crippen LogP contribution in [0.3, 0.4) is 0 Å². The van der Waals surface area contributed by atoms with Crippen molar-refractivity contribution < 1.29 is 24.2 Å². The highest BCUT2D eigenvalue weighted by Crippen LogP contribution is 2.32. The van der Waals surface area contributed by atoms with Crippen LogP contribution in [0.15, 0.2) is 18.2 Å². The predicted octanol–water partition coefficient (Wildman–Crippen LogP) is 1.69. The molecule has 0 bridgehead atoms. The molecule has 1 fully saturated rings. The number of aromatic carboxylic acids is 1. The number of rotatable bonds is 7. The van der Waals surface area contributed by atoms with Crippen LogP contribution in [0.5, 0.6) is 11.5 Å². The Bertz CT molecular complexity index is 539. The molecule has 0 spiro atoms.